The number of nitro benzene ring substituents is 1. The Hall–Kier alpha value is -3.16. The van der Waals surface area contributed by atoms with Gasteiger partial charge >= 0.3 is 0 Å². The maximum absolute atomic E-state index is 12.2. The number of hydrogen-bond donors (Lipinski definition) is 1. The largest absolute Gasteiger partial charge is 0.459 e. The molecule has 24 heavy (non-hydrogen) atoms. The van der Waals surface area contributed by atoms with Gasteiger partial charge in [-0.1, -0.05) is 12.1 Å². The maximum atomic E-state index is 12.2. The van der Waals surface area contributed by atoms with Crippen molar-refractivity contribution in [3.05, 3.63) is 64.1 Å². The highest BCUT2D eigenvalue weighted by Gasteiger charge is 2.20. The molecule has 126 valence electrons. The lowest BCUT2D eigenvalue weighted by atomic mass is 10.1. The van der Waals surface area contributed by atoms with Gasteiger partial charge in [0, 0.05) is 19.2 Å². The van der Waals surface area contributed by atoms with Crippen LogP contribution in [0.15, 0.2) is 47.1 Å². The quantitative estimate of drug-likeness (QED) is 0.645. The van der Waals surface area contributed by atoms with Crippen molar-refractivity contribution in [3.8, 4) is 0 Å². The molecule has 0 fully saturated rings. The highest BCUT2D eigenvalue weighted by molar-refractivity contribution is 5.94. The predicted molar refractivity (Wildman–Crippen MR) is 85.3 cm³/mol. The Kier molecular flexibility index (Phi) is 5.31. The van der Waals surface area contributed by atoms with Crippen molar-refractivity contribution in [2.75, 3.05) is 13.6 Å². The lowest BCUT2D eigenvalue weighted by Crippen LogP contribution is -2.39. The molecule has 0 saturated carbocycles. The van der Waals surface area contributed by atoms with Crippen molar-refractivity contribution in [1.82, 2.24) is 10.2 Å². The summed E-state index contributed by atoms with van der Waals surface area (Å²) in [5, 5.41) is 13.3. The van der Waals surface area contributed by atoms with E-state index < -0.39 is 10.8 Å². The van der Waals surface area contributed by atoms with Crippen molar-refractivity contribution < 1.29 is 18.9 Å². The first kappa shape index (κ1) is 17.2. The van der Waals surface area contributed by atoms with Crippen LogP contribution in [-0.4, -0.2) is 35.2 Å². The first-order valence-electron chi connectivity index (χ1n) is 7.22. The molecule has 0 unspecified atom stereocenters. The number of nitro groups is 1. The molecule has 0 spiro atoms. The van der Waals surface area contributed by atoms with E-state index in [4.69, 9.17) is 4.42 Å². The molecule has 2 amide bonds. The van der Waals surface area contributed by atoms with Crippen molar-refractivity contribution in [2.45, 2.75) is 13.0 Å². The van der Waals surface area contributed by atoms with E-state index in [1.165, 1.54) is 29.4 Å². The monoisotopic (exact) mass is 331 g/mol. The lowest BCUT2D eigenvalue weighted by Gasteiger charge is -2.25. The number of non-ortho nitro benzene ring substituents is 1. The third-order valence-electron chi connectivity index (χ3n) is 3.68. The standard InChI is InChI=1S/C16H17N3O5/c1-11(12-5-3-6-13(9-12)19(22)23)18(2)15(20)10-17-16(21)14-7-4-8-24-14/h3-9,11H,10H2,1-2H3,(H,17,21)/t11-/m0/s1. The number of furan rings is 1. The molecule has 0 aliphatic heterocycles. The Labute approximate surface area is 138 Å². The highest BCUT2D eigenvalue weighted by atomic mass is 16.6. The molecule has 0 bridgehead atoms. The van der Waals surface area contributed by atoms with E-state index in [-0.39, 0.29) is 29.9 Å². The molecule has 1 aromatic heterocycles. The average Bonchev–Trinajstić information content (AvgIpc) is 3.12. The van der Waals surface area contributed by atoms with Crippen LogP contribution in [0.3, 0.4) is 0 Å². The van der Waals surface area contributed by atoms with Crippen LogP contribution >= 0.6 is 0 Å². The van der Waals surface area contributed by atoms with Crippen LogP contribution in [0.25, 0.3) is 0 Å². The molecule has 2 aromatic rings. The van der Waals surface area contributed by atoms with Gasteiger partial charge in [-0.15, -0.1) is 0 Å². The molecule has 1 N–H and O–H groups in total. The van der Waals surface area contributed by atoms with E-state index in [0.29, 0.717) is 5.56 Å². The van der Waals surface area contributed by atoms with Crippen molar-refractivity contribution in [3.63, 3.8) is 0 Å². The number of amides is 2. The van der Waals surface area contributed by atoms with Crippen LogP contribution in [0.1, 0.15) is 29.1 Å². The minimum atomic E-state index is -0.485. The second-order valence-electron chi connectivity index (χ2n) is 5.19. The predicted octanol–water partition coefficient (Wildman–Crippen LogP) is 2.14. The summed E-state index contributed by atoms with van der Waals surface area (Å²) in [7, 11) is 1.57. The first-order chi connectivity index (χ1) is 11.4. The minimum absolute atomic E-state index is 0.0358. The van der Waals surface area contributed by atoms with Crippen molar-refractivity contribution >= 4 is 17.5 Å². The van der Waals surface area contributed by atoms with Crippen molar-refractivity contribution in [1.29, 1.82) is 0 Å². The zero-order valence-electron chi connectivity index (χ0n) is 13.3. The summed E-state index contributed by atoms with van der Waals surface area (Å²) >= 11 is 0. The molecule has 1 heterocycles. The van der Waals surface area contributed by atoms with Crippen molar-refractivity contribution in [2.24, 2.45) is 0 Å². The SMILES string of the molecule is C[C@@H](c1cccc([N+](=O)[O-])c1)N(C)C(=O)CNC(=O)c1ccco1. The van der Waals surface area contributed by atoms with Gasteiger partial charge in [0.2, 0.25) is 5.91 Å². The Morgan fingerprint density at radius 1 is 1.33 bits per heavy atom. The van der Waals surface area contributed by atoms with E-state index in [9.17, 15) is 19.7 Å². The number of benzene rings is 1. The Morgan fingerprint density at radius 2 is 2.08 bits per heavy atom. The second-order valence-corrected chi connectivity index (χ2v) is 5.19. The zero-order valence-corrected chi connectivity index (χ0v) is 13.3. The normalized spacial score (nSPS) is 11.6. The van der Waals surface area contributed by atoms with E-state index in [1.54, 1.807) is 32.2 Å². The van der Waals surface area contributed by atoms with Crippen LogP contribution in [0.2, 0.25) is 0 Å². The molecule has 1 atom stereocenters. The third kappa shape index (κ3) is 3.97. The molecule has 0 saturated heterocycles. The zero-order chi connectivity index (χ0) is 17.7. The maximum Gasteiger partial charge on any atom is 0.287 e. The summed E-state index contributed by atoms with van der Waals surface area (Å²) in [5.74, 6) is -0.684. The van der Waals surface area contributed by atoms with Gasteiger partial charge in [0.25, 0.3) is 11.6 Å². The summed E-state index contributed by atoms with van der Waals surface area (Å²) in [6.45, 7) is 1.56. The highest BCUT2D eigenvalue weighted by Crippen LogP contribution is 2.22. The molecule has 8 heteroatoms. The van der Waals surface area contributed by atoms with Gasteiger partial charge in [0.1, 0.15) is 0 Å². The molecular formula is C16H17N3O5. The smallest absolute Gasteiger partial charge is 0.287 e. The summed E-state index contributed by atoms with van der Waals surface area (Å²) in [6, 6.07) is 8.79. The molecule has 1 aromatic carbocycles. The minimum Gasteiger partial charge on any atom is -0.459 e. The summed E-state index contributed by atoms with van der Waals surface area (Å²) < 4.78 is 4.94. The number of hydrogen-bond acceptors (Lipinski definition) is 5. The Balaban J connectivity index is 1.98. The number of carbonyl (C=O) groups is 2. The topological polar surface area (TPSA) is 106 Å². The van der Waals surface area contributed by atoms with E-state index >= 15 is 0 Å². The van der Waals surface area contributed by atoms with Crippen LogP contribution in [0.5, 0.6) is 0 Å². The molecule has 8 nitrogen and oxygen atoms in total. The molecule has 0 aliphatic carbocycles. The number of carbonyl (C=O) groups excluding carboxylic acids is 2. The van der Waals surface area contributed by atoms with Gasteiger partial charge in [0.05, 0.1) is 23.8 Å². The van der Waals surface area contributed by atoms with E-state index in [2.05, 4.69) is 5.32 Å². The number of nitrogens with one attached hydrogen (secondary N) is 1. The first-order valence-corrected chi connectivity index (χ1v) is 7.22. The fourth-order valence-electron chi connectivity index (χ4n) is 2.11. The molecular weight excluding hydrogens is 314 g/mol. The lowest BCUT2D eigenvalue weighted by molar-refractivity contribution is -0.384. The molecule has 0 radical (unpaired) electrons. The van der Waals surface area contributed by atoms with Crippen LogP contribution < -0.4 is 5.32 Å². The van der Waals surface area contributed by atoms with Crippen LogP contribution in [0, 0.1) is 10.1 Å². The van der Waals surface area contributed by atoms with E-state index in [1.807, 2.05) is 0 Å². The third-order valence-corrected chi connectivity index (χ3v) is 3.68. The number of likely N-dealkylation sites (N-methyl/N-ethyl adjacent to an activating group) is 1. The summed E-state index contributed by atoms with van der Waals surface area (Å²) in [5.41, 5.74) is 0.601. The van der Waals surface area contributed by atoms with Gasteiger partial charge in [-0.3, -0.25) is 19.7 Å². The summed E-state index contributed by atoms with van der Waals surface area (Å²) in [6.07, 6.45) is 1.37. The van der Waals surface area contributed by atoms with Crippen LogP contribution in [-0.2, 0) is 4.79 Å². The number of nitrogens with zero attached hydrogens (tertiary/aromatic N) is 2. The average molecular weight is 331 g/mol. The molecule has 2 rings (SSSR count). The van der Waals surface area contributed by atoms with Gasteiger partial charge < -0.3 is 14.6 Å². The Bertz CT molecular complexity index is 742. The molecule has 0 aliphatic rings. The van der Waals surface area contributed by atoms with E-state index in [0.717, 1.165) is 0 Å². The van der Waals surface area contributed by atoms with Gasteiger partial charge in [-0.25, -0.2) is 0 Å². The number of rotatable bonds is 6. The fraction of sp³-hybridized carbons (Fsp3) is 0.250. The Morgan fingerprint density at radius 3 is 2.71 bits per heavy atom. The van der Waals surface area contributed by atoms with Gasteiger partial charge in [-0.05, 0) is 24.6 Å². The summed E-state index contributed by atoms with van der Waals surface area (Å²) in [4.78, 5) is 35.7. The van der Waals surface area contributed by atoms with Crippen LogP contribution in [0.4, 0.5) is 5.69 Å². The fourth-order valence-corrected chi connectivity index (χ4v) is 2.11. The van der Waals surface area contributed by atoms with Gasteiger partial charge in [-0.2, -0.15) is 0 Å². The second kappa shape index (κ2) is 7.40. The van der Waals surface area contributed by atoms with Gasteiger partial charge in [0.15, 0.2) is 5.76 Å².